The Morgan fingerprint density at radius 2 is 2.36 bits per heavy atom. The lowest BCUT2D eigenvalue weighted by Gasteiger charge is -1.83. The number of halogens is 1. The third-order valence-electron chi connectivity index (χ3n) is 1.42. The van der Waals surface area contributed by atoms with Gasteiger partial charge in [-0.3, -0.25) is 4.79 Å². The Balaban J connectivity index is 3.02. The van der Waals surface area contributed by atoms with Crippen LogP contribution in [0.2, 0.25) is 0 Å². The molecule has 0 aliphatic carbocycles. The van der Waals surface area contributed by atoms with E-state index < -0.39 is 0 Å². The van der Waals surface area contributed by atoms with E-state index in [0.29, 0.717) is 15.8 Å². The molecule has 0 amide bonds. The number of rotatable bonds is 0. The van der Waals surface area contributed by atoms with Crippen LogP contribution in [0, 0.1) is 0 Å². The summed E-state index contributed by atoms with van der Waals surface area (Å²) in [5.41, 5.74) is 0.470. The molecule has 0 bridgehead atoms. The van der Waals surface area contributed by atoms with Gasteiger partial charge in [0.2, 0.25) is 5.71 Å². The normalized spacial score (nSPS) is 10.6. The predicted molar refractivity (Wildman–Crippen MR) is 44.5 cm³/mol. The van der Waals surface area contributed by atoms with Crippen molar-refractivity contribution in [2.24, 2.45) is 0 Å². The lowest BCUT2D eigenvalue weighted by Crippen LogP contribution is -1.96. The van der Waals surface area contributed by atoms with Crippen molar-refractivity contribution in [2.45, 2.75) is 0 Å². The van der Waals surface area contributed by atoms with E-state index in [2.05, 4.69) is 20.9 Å². The Hall–Kier alpha value is -1.03. The highest BCUT2D eigenvalue weighted by atomic mass is 79.9. The largest absolute Gasteiger partial charge is 0.433 e. The Labute approximate surface area is 70.2 Å². The van der Waals surface area contributed by atoms with Crippen molar-refractivity contribution in [1.82, 2.24) is 4.98 Å². The standard InChI is InChI=1S/C7H4BrNO2/c8-6-3-4-5(10)1-2-9-7(4)11-6/h1-3H,(H,9,10). The van der Waals surface area contributed by atoms with E-state index in [1.165, 1.54) is 6.07 Å². The second-order valence-corrected chi connectivity index (χ2v) is 2.92. The Kier molecular flexibility index (Phi) is 1.35. The average Bonchev–Trinajstić information content (AvgIpc) is 2.31. The maximum absolute atomic E-state index is 11.1. The van der Waals surface area contributed by atoms with Gasteiger partial charge in [0.15, 0.2) is 10.1 Å². The van der Waals surface area contributed by atoms with Crippen molar-refractivity contribution in [3.8, 4) is 0 Å². The van der Waals surface area contributed by atoms with E-state index in [0.717, 1.165) is 0 Å². The maximum atomic E-state index is 11.1. The molecular formula is C7H4BrNO2. The summed E-state index contributed by atoms with van der Waals surface area (Å²) in [6.07, 6.45) is 1.56. The van der Waals surface area contributed by atoms with Gasteiger partial charge in [0.05, 0.1) is 5.39 Å². The van der Waals surface area contributed by atoms with E-state index in [1.807, 2.05) is 0 Å². The third-order valence-corrected chi connectivity index (χ3v) is 1.81. The summed E-state index contributed by atoms with van der Waals surface area (Å²) in [6, 6.07) is 3.11. The van der Waals surface area contributed by atoms with E-state index in [9.17, 15) is 4.79 Å². The van der Waals surface area contributed by atoms with Crippen LogP contribution in [-0.2, 0) is 0 Å². The minimum Gasteiger partial charge on any atom is -0.433 e. The Bertz CT molecular complexity index is 443. The topological polar surface area (TPSA) is 46.0 Å². The molecule has 0 atom stereocenters. The van der Waals surface area contributed by atoms with Gasteiger partial charge in [0.25, 0.3) is 0 Å². The monoisotopic (exact) mass is 213 g/mol. The molecule has 56 valence electrons. The number of H-pyrrole nitrogens is 1. The first-order chi connectivity index (χ1) is 5.27. The molecule has 1 N–H and O–H groups in total. The molecule has 2 rings (SSSR count). The van der Waals surface area contributed by atoms with Gasteiger partial charge in [0.1, 0.15) is 0 Å². The molecule has 2 heterocycles. The van der Waals surface area contributed by atoms with Crippen LogP contribution in [0.5, 0.6) is 0 Å². The van der Waals surface area contributed by atoms with Crippen LogP contribution >= 0.6 is 15.9 Å². The van der Waals surface area contributed by atoms with Crippen LogP contribution in [-0.4, -0.2) is 4.98 Å². The number of furan rings is 1. The fourth-order valence-corrected chi connectivity index (χ4v) is 1.32. The summed E-state index contributed by atoms with van der Waals surface area (Å²) in [7, 11) is 0. The highest BCUT2D eigenvalue weighted by Crippen LogP contribution is 2.17. The van der Waals surface area contributed by atoms with E-state index in [4.69, 9.17) is 4.42 Å². The second kappa shape index (κ2) is 2.23. The van der Waals surface area contributed by atoms with Crippen molar-refractivity contribution in [2.75, 3.05) is 0 Å². The van der Waals surface area contributed by atoms with Crippen molar-refractivity contribution in [3.05, 3.63) is 33.2 Å². The zero-order valence-corrected chi connectivity index (χ0v) is 7.01. The number of hydrogen-bond acceptors (Lipinski definition) is 2. The summed E-state index contributed by atoms with van der Waals surface area (Å²) in [5, 5.41) is 0.569. The summed E-state index contributed by atoms with van der Waals surface area (Å²) < 4.78 is 5.67. The predicted octanol–water partition coefficient (Wildman–Crippen LogP) is 1.88. The number of hydrogen-bond donors (Lipinski definition) is 1. The van der Waals surface area contributed by atoms with E-state index in [1.54, 1.807) is 12.3 Å². The molecule has 0 unspecified atom stereocenters. The summed E-state index contributed by atoms with van der Waals surface area (Å²) in [5.74, 6) is 0. The number of nitrogens with one attached hydrogen (secondary N) is 1. The first-order valence-corrected chi connectivity index (χ1v) is 3.83. The van der Waals surface area contributed by atoms with E-state index in [-0.39, 0.29) is 5.43 Å². The minimum absolute atomic E-state index is 0.0341. The fourth-order valence-electron chi connectivity index (χ4n) is 0.934. The maximum Gasteiger partial charge on any atom is 0.209 e. The minimum atomic E-state index is -0.0341. The van der Waals surface area contributed by atoms with Crippen LogP contribution in [0.3, 0.4) is 0 Å². The number of pyridine rings is 1. The lowest BCUT2D eigenvalue weighted by atomic mass is 10.3. The van der Waals surface area contributed by atoms with Gasteiger partial charge in [-0.15, -0.1) is 0 Å². The van der Waals surface area contributed by atoms with Crippen LogP contribution in [0.25, 0.3) is 11.1 Å². The number of fused-ring (bicyclic) bond motifs is 1. The molecule has 0 aromatic carbocycles. The molecule has 2 aromatic rings. The quantitative estimate of drug-likeness (QED) is 0.727. The first-order valence-electron chi connectivity index (χ1n) is 3.04. The zero-order chi connectivity index (χ0) is 7.84. The van der Waals surface area contributed by atoms with Crippen molar-refractivity contribution >= 4 is 27.0 Å². The second-order valence-electron chi connectivity index (χ2n) is 2.14. The molecule has 0 aliphatic heterocycles. The molecule has 0 saturated carbocycles. The van der Waals surface area contributed by atoms with Gasteiger partial charge in [-0.2, -0.15) is 0 Å². The van der Waals surface area contributed by atoms with Gasteiger partial charge in [-0.05, 0) is 15.9 Å². The third kappa shape index (κ3) is 0.991. The molecule has 0 spiro atoms. The van der Waals surface area contributed by atoms with Crippen molar-refractivity contribution in [1.29, 1.82) is 0 Å². The van der Waals surface area contributed by atoms with Gasteiger partial charge in [-0.1, -0.05) is 0 Å². The van der Waals surface area contributed by atoms with Crippen LogP contribution in [0.1, 0.15) is 0 Å². The molecule has 0 radical (unpaired) electrons. The van der Waals surface area contributed by atoms with Crippen molar-refractivity contribution in [3.63, 3.8) is 0 Å². The first kappa shape index (κ1) is 6.67. The fraction of sp³-hybridized carbons (Fsp3) is 0. The van der Waals surface area contributed by atoms with Gasteiger partial charge in [0, 0.05) is 18.3 Å². The van der Waals surface area contributed by atoms with Crippen LogP contribution < -0.4 is 5.43 Å². The summed E-state index contributed by atoms with van der Waals surface area (Å²) >= 11 is 3.13. The Morgan fingerprint density at radius 1 is 1.55 bits per heavy atom. The van der Waals surface area contributed by atoms with Gasteiger partial charge in [-0.25, -0.2) is 0 Å². The van der Waals surface area contributed by atoms with Crippen LogP contribution in [0.4, 0.5) is 0 Å². The SMILES string of the molecule is O=c1cc[nH]c2oc(Br)cc12. The molecule has 0 aliphatic rings. The molecule has 3 nitrogen and oxygen atoms in total. The zero-order valence-electron chi connectivity index (χ0n) is 5.43. The summed E-state index contributed by atoms with van der Waals surface area (Å²) in [6.45, 7) is 0. The smallest absolute Gasteiger partial charge is 0.209 e. The highest BCUT2D eigenvalue weighted by molar-refractivity contribution is 9.10. The van der Waals surface area contributed by atoms with Gasteiger partial charge < -0.3 is 9.40 Å². The Morgan fingerprint density at radius 3 is 3.09 bits per heavy atom. The number of aromatic nitrogens is 1. The van der Waals surface area contributed by atoms with Gasteiger partial charge >= 0.3 is 0 Å². The molecule has 0 fully saturated rings. The molecule has 0 saturated heterocycles. The number of aromatic amines is 1. The van der Waals surface area contributed by atoms with E-state index >= 15 is 0 Å². The average molecular weight is 214 g/mol. The lowest BCUT2D eigenvalue weighted by molar-refractivity contribution is 0.576. The molecule has 11 heavy (non-hydrogen) atoms. The summed E-state index contributed by atoms with van der Waals surface area (Å²) in [4.78, 5) is 13.9. The highest BCUT2D eigenvalue weighted by Gasteiger charge is 2.02. The van der Waals surface area contributed by atoms with Crippen molar-refractivity contribution < 1.29 is 4.42 Å². The molecule has 4 heteroatoms. The van der Waals surface area contributed by atoms with Crippen LogP contribution in [0.15, 0.2) is 32.2 Å². The molecule has 2 aromatic heterocycles. The molecular weight excluding hydrogens is 210 g/mol.